The maximum Gasteiger partial charge on any atom is 0.408 e. The molecule has 3 atom stereocenters. The van der Waals surface area contributed by atoms with Gasteiger partial charge in [-0.3, -0.25) is 19.3 Å². The second-order valence-electron chi connectivity index (χ2n) is 12.7. The van der Waals surface area contributed by atoms with E-state index >= 15 is 0 Å². The minimum atomic E-state index is -1.56. The number of nitrogens with zero attached hydrogens (tertiary/aromatic N) is 1. The van der Waals surface area contributed by atoms with Crippen molar-refractivity contribution in [1.29, 1.82) is 0 Å². The number of amides is 4. The molecule has 0 heterocycles. The molecule has 0 spiro atoms. The number of benzene rings is 2. The van der Waals surface area contributed by atoms with E-state index < -0.39 is 65.5 Å². The molecule has 45 heavy (non-hydrogen) atoms. The van der Waals surface area contributed by atoms with Gasteiger partial charge in [0, 0.05) is 12.5 Å². The average Bonchev–Trinajstić information content (AvgIpc) is 2.89. The lowest BCUT2D eigenvalue weighted by atomic mass is 9.93. The highest BCUT2D eigenvalue weighted by Crippen LogP contribution is 2.29. The Balaban J connectivity index is 2.62. The van der Waals surface area contributed by atoms with Crippen LogP contribution in [0.2, 0.25) is 0 Å². The first-order valence-corrected chi connectivity index (χ1v) is 14.5. The summed E-state index contributed by atoms with van der Waals surface area (Å²) in [6.45, 7) is 13.5. The van der Waals surface area contributed by atoms with E-state index in [1.807, 2.05) is 6.07 Å². The van der Waals surface area contributed by atoms with Gasteiger partial charge in [-0.25, -0.2) is 9.59 Å². The van der Waals surface area contributed by atoms with E-state index in [4.69, 9.17) is 21.6 Å². The number of primary amides is 1. The summed E-state index contributed by atoms with van der Waals surface area (Å²) < 4.78 is 10.9. The lowest BCUT2D eigenvalue weighted by Crippen LogP contribution is -2.54. The normalized spacial score (nSPS) is 13.3. The van der Waals surface area contributed by atoms with Crippen LogP contribution in [0.3, 0.4) is 0 Å². The fourth-order valence-electron chi connectivity index (χ4n) is 4.59. The molecule has 0 saturated heterocycles. The quantitative estimate of drug-likeness (QED) is 0.197. The van der Waals surface area contributed by atoms with Gasteiger partial charge in [0.25, 0.3) is 5.91 Å². The van der Waals surface area contributed by atoms with Crippen LogP contribution in [-0.2, 0) is 35.1 Å². The number of hydrogen-bond donors (Lipinski definition) is 3. The highest BCUT2D eigenvalue weighted by Gasteiger charge is 2.39. The Morgan fingerprint density at radius 2 is 1.40 bits per heavy atom. The molecule has 11 nitrogen and oxygen atoms in total. The number of rotatable bonds is 11. The molecule has 4 amide bonds. The summed E-state index contributed by atoms with van der Waals surface area (Å²) in [7, 11) is 0. The average molecular weight is 621 g/mol. The highest BCUT2D eigenvalue weighted by atomic mass is 16.6. The van der Waals surface area contributed by atoms with Crippen molar-refractivity contribution >= 4 is 29.8 Å². The number of terminal acetylenes is 1. The SMILES string of the molecule is C#CN(C(=O)C(CC(N)=O)NC(=O)OC(C)(C)C)C(C(=O)NC(Cc1ccccc1)C(=O)OC(C)(C)C)c1c(C)cccc1C. The van der Waals surface area contributed by atoms with E-state index in [-0.39, 0.29) is 6.42 Å². The minimum absolute atomic E-state index is 0.0927. The van der Waals surface area contributed by atoms with E-state index in [2.05, 4.69) is 16.7 Å². The maximum absolute atomic E-state index is 14.3. The van der Waals surface area contributed by atoms with Gasteiger partial charge in [0.1, 0.15) is 29.3 Å². The van der Waals surface area contributed by atoms with Gasteiger partial charge in [0.05, 0.1) is 6.42 Å². The minimum Gasteiger partial charge on any atom is -0.458 e. The number of carbonyl (C=O) groups is 5. The molecule has 242 valence electrons. The van der Waals surface area contributed by atoms with Crippen LogP contribution in [-0.4, -0.2) is 58.0 Å². The van der Waals surface area contributed by atoms with Crippen LogP contribution in [0.5, 0.6) is 0 Å². The summed E-state index contributed by atoms with van der Waals surface area (Å²) in [6, 6.07) is 12.4. The zero-order chi connectivity index (χ0) is 34.1. The fraction of sp³-hybridized carbons (Fsp3) is 0.441. The number of hydrogen-bond acceptors (Lipinski definition) is 7. The van der Waals surface area contributed by atoms with Crippen LogP contribution >= 0.6 is 0 Å². The predicted molar refractivity (Wildman–Crippen MR) is 169 cm³/mol. The Labute approximate surface area is 265 Å². The molecule has 0 saturated carbocycles. The van der Waals surface area contributed by atoms with E-state index in [0.29, 0.717) is 16.7 Å². The van der Waals surface area contributed by atoms with Crippen molar-refractivity contribution in [3.63, 3.8) is 0 Å². The van der Waals surface area contributed by atoms with E-state index in [1.165, 1.54) is 0 Å². The van der Waals surface area contributed by atoms with Gasteiger partial charge >= 0.3 is 12.1 Å². The fourth-order valence-corrected chi connectivity index (χ4v) is 4.59. The first-order chi connectivity index (χ1) is 20.8. The topological polar surface area (TPSA) is 157 Å². The monoisotopic (exact) mass is 620 g/mol. The number of carbonyl (C=O) groups excluding carboxylic acids is 5. The Hall–Kier alpha value is -4.85. The summed E-state index contributed by atoms with van der Waals surface area (Å²) in [6.07, 6.45) is 4.36. The summed E-state index contributed by atoms with van der Waals surface area (Å²) in [5.41, 5.74) is 6.07. The third-order valence-electron chi connectivity index (χ3n) is 6.38. The molecule has 0 bridgehead atoms. The Morgan fingerprint density at radius 3 is 1.89 bits per heavy atom. The number of esters is 1. The smallest absolute Gasteiger partial charge is 0.408 e. The molecule has 3 unspecified atom stereocenters. The van der Waals surface area contributed by atoms with Gasteiger partial charge < -0.3 is 25.8 Å². The molecule has 2 rings (SSSR count). The Bertz CT molecular complexity index is 1410. The van der Waals surface area contributed by atoms with Crippen molar-refractivity contribution in [2.75, 3.05) is 0 Å². The maximum atomic E-state index is 14.3. The first kappa shape index (κ1) is 36.3. The zero-order valence-electron chi connectivity index (χ0n) is 27.2. The molecule has 4 N–H and O–H groups in total. The van der Waals surface area contributed by atoms with Gasteiger partial charge in [-0.05, 0) is 77.6 Å². The van der Waals surface area contributed by atoms with Gasteiger partial charge in [-0.2, -0.15) is 0 Å². The van der Waals surface area contributed by atoms with Crippen molar-refractivity contribution in [3.05, 3.63) is 70.8 Å². The summed E-state index contributed by atoms with van der Waals surface area (Å²) >= 11 is 0. The lowest BCUT2D eigenvalue weighted by molar-refractivity contribution is -0.159. The Kier molecular flexibility index (Phi) is 12.3. The van der Waals surface area contributed by atoms with Crippen LogP contribution in [0.25, 0.3) is 0 Å². The van der Waals surface area contributed by atoms with E-state index in [0.717, 1.165) is 10.5 Å². The number of aryl methyl sites for hydroxylation is 2. The molecular formula is C34H44N4O7. The van der Waals surface area contributed by atoms with Crippen LogP contribution in [0.4, 0.5) is 4.79 Å². The molecule has 0 radical (unpaired) electrons. The Morgan fingerprint density at radius 1 is 0.844 bits per heavy atom. The van der Waals surface area contributed by atoms with Gasteiger partial charge in [-0.1, -0.05) is 55.0 Å². The van der Waals surface area contributed by atoms with Crippen LogP contribution in [0.1, 0.15) is 76.3 Å². The zero-order valence-corrected chi connectivity index (χ0v) is 27.2. The molecule has 0 aromatic heterocycles. The van der Waals surface area contributed by atoms with Crippen LogP contribution < -0.4 is 16.4 Å². The van der Waals surface area contributed by atoms with Crippen LogP contribution in [0, 0.1) is 26.3 Å². The third-order valence-corrected chi connectivity index (χ3v) is 6.38. The van der Waals surface area contributed by atoms with Crippen molar-refractivity contribution in [3.8, 4) is 12.5 Å². The highest BCUT2D eigenvalue weighted by molar-refractivity contribution is 5.97. The predicted octanol–water partition coefficient (Wildman–Crippen LogP) is 3.60. The summed E-state index contributed by atoms with van der Waals surface area (Å²) in [4.78, 5) is 67.0. The molecule has 0 aliphatic carbocycles. The molecule has 0 fully saturated rings. The largest absolute Gasteiger partial charge is 0.458 e. The van der Waals surface area contributed by atoms with Gasteiger partial charge in [0.15, 0.2) is 0 Å². The lowest BCUT2D eigenvalue weighted by Gasteiger charge is -2.33. The number of nitrogens with two attached hydrogens (primary N) is 1. The number of nitrogens with one attached hydrogen (secondary N) is 2. The second-order valence-corrected chi connectivity index (χ2v) is 12.7. The number of alkyl carbamates (subject to hydrolysis) is 1. The van der Waals surface area contributed by atoms with E-state index in [9.17, 15) is 24.0 Å². The van der Waals surface area contributed by atoms with Crippen molar-refractivity contribution in [2.24, 2.45) is 5.73 Å². The molecule has 11 heteroatoms. The molecule has 2 aromatic carbocycles. The summed E-state index contributed by atoms with van der Waals surface area (Å²) in [5.74, 6) is -3.32. The second kappa shape index (κ2) is 15.2. The van der Waals surface area contributed by atoms with Crippen molar-refractivity contribution in [2.45, 2.75) is 97.6 Å². The van der Waals surface area contributed by atoms with E-state index in [1.54, 1.807) is 97.9 Å². The first-order valence-electron chi connectivity index (χ1n) is 14.5. The van der Waals surface area contributed by atoms with Gasteiger partial charge in [-0.15, -0.1) is 0 Å². The molecule has 0 aliphatic rings. The van der Waals surface area contributed by atoms with Crippen molar-refractivity contribution < 1.29 is 33.4 Å². The molecular weight excluding hydrogens is 576 g/mol. The third kappa shape index (κ3) is 11.3. The molecule has 0 aliphatic heterocycles. The summed E-state index contributed by atoms with van der Waals surface area (Å²) in [5, 5.41) is 5.11. The number of ether oxygens (including phenoxy) is 2. The molecule has 2 aromatic rings. The van der Waals surface area contributed by atoms with Gasteiger partial charge in [0.2, 0.25) is 11.8 Å². The standard InChI is InChI=1S/C34H44N4O7/c1-10-38(30(41)24(20-26(35)39)37-32(43)45-34(7,8)9)28(27-21(2)15-14-16-22(27)3)29(40)36-25(31(42)44-33(4,5)6)19-23-17-12-11-13-18-23/h1,11-18,24-25,28H,19-20H2,2-9H3,(H2,35,39)(H,36,40)(H,37,43). The van der Waals surface area contributed by atoms with Crippen molar-refractivity contribution in [1.82, 2.24) is 15.5 Å². The van der Waals surface area contributed by atoms with Crippen LogP contribution in [0.15, 0.2) is 48.5 Å².